The number of aromatic amines is 1. The maximum Gasteiger partial charge on any atom is 0.196 e. The van der Waals surface area contributed by atoms with Crippen molar-refractivity contribution >= 4 is 28.2 Å². The van der Waals surface area contributed by atoms with Crippen LogP contribution >= 0.6 is 0 Å². The molecular formula is C24H22N2O6. The largest absolute Gasteiger partial charge is 0.492 e. The van der Waals surface area contributed by atoms with Gasteiger partial charge < -0.3 is 23.9 Å². The van der Waals surface area contributed by atoms with E-state index in [1.54, 1.807) is 64.0 Å². The Balaban J connectivity index is 1.62. The summed E-state index contributed by atoms with van der Waals surface area (Å²) in [6.45, 7) is 0.339. The smallest absolute Gasteiger partial charge is 0.196 e. The van der Waals surface area contributed by atoms with Crippen LogP contribution in [-0.4, -0.2) is 67.8 Å². The molecule has 3 atom stereocenters. The number of aromatic nitrogens is 2. The molecule has 1 aromatic heterocycles. The molecule has 0 bridgehead atoms. The number of fused-ring (bicyclic) bond motifs is 4. The molecule has 1 aliphatic carbocycles. The number of hydrogen-bond acceptors (Lipinski definition) is 7. The van der Waals surface area contributed by atoms with Gasteiger partial charge in [-0.3, -0.25) is 9.59 Å². The van der Waals surface area contributed by atoms with Crippen molar-refractivity contribution in [1.82, 2.24) is 9.97 Å². The van der Waals surface area contributed by atoms with E-state index >= 15 is 0 Å². The summed E-state index contributed by atoms with van der Waals surface area (Å²) in [6.07, 6.45) is 0.354. The predicted octanol–water partition coefficient (Wildman–Crippen LogP) is 2.75. The maximum atomic E-state index is 13.3. The second kappa shape index (κ2) is 7.98. The third kappa shape index (κ3) is 2.99. The molecule has 8 nitrogen and oxygen atoms in total. The average Bonchev–Trinajstić information content (AvgIpc) is 3.26. The van der Waals surface area contributed by atoms with E-state index in [4.69, 9.17) is 23.9 Å². The van der Waals surface area contributed by atoms with Crippen LogP contribution in [0.15, 0.2) is 42.7 Å². The highest BCUT2D eigenvalue weighted by molar-refractivity contribution is 6.31. The predicted molar refractivity (Wildman–Crippen MR) is 116 cm³/mol. The molecule has 0 amide bonds. The van der Waals surface area contributed by atoms with Crippen molar-refractivity contribution in [2.75, 3.05) is 27.9 Å². The summed E-state index contributed by atoms with van der Waals surface area (Å²) in [6, 6.07) is 10.3. The van der Waals surface area contributed by atoms with Gasteiger partial charge in [-0.2, -0.15) is 0 Å². The van der Waals surface area contributed by atoms with Crippen LogP contribution < -0.4 is 0 Å². The molecule has 3 aromatic rings. The van der Waals surface area contributed by atoms with E-state index in [1.165, 1.54) is 0 Å². The molecule has 0 fully saturated rings. The van der Waals surface area contributed by atoms with Crippen LogP contribution in [0.3, 0.4) is 0 Å². The van der Waals surface area contributed by atoms with Crippen LogP contribution in [0.2, 0.25) is 0 Å². The van der Waals surface area contributed by atoms with Crippen molar-refractivity contribution in [3.8, 4) is 0 Å². The molecule has 1 N–H and O–H groups in total. The number of methoxy groups -OCH3 is 3. The quantitative estimate of drug-likeness (QED) is 0.516. The topological polar surface area (TPSA) is 99.7 Å². The highest BCUT2D eigenvalue weighted by Gasteiger charge is 2.39. The Morgan fingerprint density at radius 3 is 2.41 bits per heavy atom. The van der Waals surface area contributed by atoms with Crippen molar-refractivity contribution in [1.29, 1.82) is 0 Å². The van der Waals surface area contributed by atoms with Gasteiger partial charge in [0.15, 0.2) is 11.6 Å². The van der Waals surface area contributed by atoms with Gasteiger partial charge in [0.1, 0.15) is 29.7 Å². The summed E-state index contributed by atoms with van der Waals surface area (Å²) in [4.78, 5) is 34.2. The van der Waals surface area contributed by atoms with Gasteiger partial charge in [-0.25, -0.2) is 4.98 Å². The summed E-state index contributed by atoms with van der Waals surface area (Å²) < 4.78 is 22.4. The van der Waals surface area contributed by atoms with Gasteiger partial charge in [-0.05, 0) is 12.1 Å². The van der Waals surface area contributed by atoms with Gasteiger partial charge in [-0.15, -0.1) is 0 Å². The Morgan fingerprint density at radius 1 is 0.969 bits per heavy atom. The zero-order valence-electron chi connectivity index (χ0n) is 17.9. The van der Waals surface area contributed by atoms with E-state index < -0.39 is 12.2 Å². The van der Waals surface area contributed by atoms with Crippen LogP contribution in [0.1, 0.15) is 37.7 Å². The van der Waals surface area contributed by atoms with E-state index in [0.717, 1.165) is 0 Å². The number of ether oxygens (including phenoxy) is 4. The van der Waals surface area contributed by atoms with Crippen LogP contribution in [-0.2, 0) is 18.9 Å². The Morgan fingerprint density at radius 2 is 1.72 bits per heavy atom. The molecule has 8 heteroatoms. The normalized spacial score (nSPS) is 22.3. The summed E-state index contributed by atoms with van der Waals surface area (Å²) >= 11 is 0. The second-order valence-electron chi connectivity index (χ2n) is 7.73. The first-order valence-corrected chi connectivity index (χ1v) is 10.2. The standard InChI is InChI=1S/C24H22N2O6/c1-29-11-17-23(31-3)22(30-2)15(10-32-17)24-25-16-9-8-14-18(19(16)26-24)21(28)13-7-5-4-6-12(13)20(14)27/h4-10,17,22-23H,11H2,1-3H3,(H,25,26)/t17-,22-,23-/m1/s1. The first-order chi connectivity index (χ1) is 15.6. The fraction of sp³-hybridized carbons (Fsp3) is 0.292. The minimum absolute atomic E-state index is 0.182. The van der Waals surface area contributed by atoms with Crippen molar-refractivity contribution in [3.63, 3.8) is 0 Å². The van der Waals surface area contributed by atoms with Gasteiger partial charge in [-0.1, -0.05) is 24.3 Å². The third-order valence-corrected chi connectivity index (χ3v) is 6.01. The van der Waals surface area contributed by atoms with E-state index in [0.29, 0.717) is 51.3 Å². The van der Waals surface area contributed by atoms with Crippen molar-refractivity contribution in [2.24, 2.45) is 0 Å². The first-order valence-electron chi connectivity index (χ1n) is 10.2. The minimum atomic E-state index is -0.469. The highest BCUT2D eigenvalue weighted by atomic mass is 16.6. The molecule has 2 aromatic carbocycles. The molecule has 32 heavy (non-hydrogen) atoms. The number of benzene rings is 2. The molecule has 2 heterocycles. The molecule has 0 unspecified atom stereocenters. The molecule has 0 saturated carbocycles. The molecule has 164 valence electrons. The number of carbonyl (C=O) groups is 2. The monoisotopic (exact) mass is 434 g/mol. The molecule has 5 rings (SSSR count). The lowest BCUT2D eigenvalue weighted by atomic mass is 9.83. The number of rotatable bonds is 5. The zero-order valence-corrected chi connectivity index (χ0v) is 17.9. The summed E-state index contributed by atoms with van der Waals surface area (Å²) in [5.74, 6) is 0.0849. The molecule has 0 radical (unpaired) electrons. The molecule has 0 saturated heterocycles. The lowest BCUT2D eigenvalue weighted by molar-refractivity contribution is -0.109. The van der Waals surface area contributed by atoms with Crippen LogP contribution in [0, 0.1) is 0 Å². The summed E-state index contributed by atoms with van der Waals surface area (Å²) in [7, 11) is 4.77. The number of nitrogens with zero attached hydrogens (tertiary/aromatic N) is 1. The lowest BCUT2D eigenvalue weighted by Crippen LogP contribution is -2.46. The zero-order chi connectivity index (χ0) is 22.4. The van der Waals surface area contributed by atoms with Crippen molar-refractivity contribution in [3.05, 3.63) is 70.7 Å². The van der Waals surface area contributed by atoms with E-state index in [1.807, 2.05) is 0 Å². The van der Waals surface area contributed by atoms with Gasteiger partial charge in [0.2, 0.25) is 0 Å². The summed E-state index contributed by atoms with van der Waals surface area (Å²) in [5, 5.41) is 0. The Hall–Kier alpha value is -3.33. The first kappa shape index (κ1) is 20.6. The third-order valence-electron chi connectivity index (χ3n) is 6.01. The minimum Gasteiger partial charge on any atom is -0.492 e. The second-order valence-corrected chi connectivity index (χ2v) is 7.73. The van der Waals surface area contributed by atoms with E-state index in [2.05, 4.69) is 4.98 Å². The molecule has 0 spiro atoms. The van der Waals surface area contributed by atoms with Gasteiger partial charge in [0.25, 0.3) is 0 Å². The van der Waals surface area contributed by atoms with Gasteiger partial charge in [0, 0.05) is 38.0 Å². The Labute approximate surface area is 184 Å². The highest BCUT2D eigenvalue weighted by Crippen LogP contribution is 2.35. The number of carbonyl (C=O) groups excluding carboxylic acids is 2. The van der Waals surface area contributed by atoms with Crippen LogP contribution in [0.4, 0.5) is 0 Å². The van der Waals surface area contributed by atoms with Crippen molar-refractivity contribution < 1.29 is 28.5 Å². The molecule has 1 aliphatic heterocycles. The molecular weight excluding hydrogens is 412 g/mol. The number of H-pyrrole nitrogens is 1. The Bertz CT molecular complexity index is 1260. The summed E-state index contributed by atoms with van der Waals surface area (Å²) in [5.41, 5.74) is 3.18. The number of nitrogens with one attached hydrogen (secondary N) is 1. The van der Waals surface area contributed by atoms with E-state index in [9.17, 15) is 9.59 Å². The van der Waals surface area contributed by atoms with Gasteiger partial charge in [0.05, 0.1) is 29.5 Å². The van der Waals surface area contributed by atoms with Crippen LogP contribution in [0.25, 0.3) is 16.6 Å². The number of ketones is 2. The number of imidazole rings is 1. The van der Waals surface area contributed by atoms with E-state index in [-0.39, 0.29) is 17.7 Å². The maximum absolute atomic E-state index is 13.3. The van der Waals surface area contributed by atoms with Crippen LogP contribution in [0.5, 0.6) is 0 Å². The fourth-order valence-corrected chi connectivity index (χ4v) is 4.49. The lowest BCUT2D eigenvalue weighted by Gasteiger charge is -2.35. The number of hydrogen-bond donors (Lipinski definition) is 1. The average molecular weight is 434 g/mol. The van der Waals surface area contributed by atoms with Crippen molar-refractivity contribution in [2.45, 2.75) is 18.3 Å². The SMILES string of the molecule is COC[C@H]1OC=C(c2nc3c4c(ccc3[nH]2)C(=O)c2ccccc2C4=O)[C@@H](OC)[C@@H]1OC. The Kier molecular flexibility index (Phi) is 5.13. The van der Waals surface area contributed by atoms with Gasteiger partial charge >= 0.3 is 0 Å². The fourth-order valence-electron chi connectivity index (χ4n) is 4.49. The molecule has 2 aliphatic rings.